The van der Waals surface area contributed by atoms with E-state index in [1.165, 1.54) is 12.1 Å². The van der Waals surface area contributed by atoms with Crippen molar-refractivity contribution in [1.82, 2.24) is 10.1 Å². The van der Waals surface area contributed by atoms with Crippen molar-refractivity contribution in [3.05, 3.63) is 30.1 Å². The van der Waals surface area contributed by atoms with E-state index in [0.717, 1.165) is 12.3 Å². The zero-order valence-electron chi connectivity index (χ0n) is 7.82. The number of nitrogens with zero attached hydrogens (tertiary/aromatic N) is 2. The lowest BCUT2D eigenvalue weighted by atomic mass is 10.2. The van der Waals surface area contributed by atoms with Gasteiger partial charge in [-0.3, -0.25) is 4.98 Å². The molecule has 0 unspecified atom stereocenters. The summed E-state index contributed by atoms with van der Waals surface area (Å²) in [5.41, 5.74) is 4.74. The molecule has 0 aliphatic heterocycles. The van der Waals surface area contributed by atoms with Crippen LogP contribution in [-0.2, 0) is 6.18 Å². The number of anilines is 1. The minimum atomic E-state index is -4.45. The zero-order valence-corrected chi connectivity index (χ0v) is 7.82. The van der Waals surface area contributed by atoms with Crippen molar-refractivity contribution in [3.63, 3.8) is 0 Å². The van der Waals surface area contributed by atoms with Gasteiger partial charge in [-0.25, -0.2) is 0 Å². The fraction of sp³-hybridized carbons (Fsp3) is 0.111. The van der Waals surface area contributed by atoms with E-state index in [4.69, 9.17) is 10.3 Å². The van der Waals surface area contributed by atoms with Crippen molar-refractivity contribution >= 4 is 5.82 Å². The van der Waals surface area contributed by atoms with Crippen molar-refractivity contribution in [3.8, 4) is 11.3 Å². The molecule has 2 aromatic rings. The molecule has 16 heavy (non-hydrogen) atoms. The average Bonchev–Trinajstić information content (AvgIpc) is 2.64. The molecule has 2 rings (SSSR count). The summed E-state index contributed by atoms with van der Waals surface area (Å²) in [6.45, 7) is 0. The van der Waals surface area contributed by atoms with Crippen molar-refractivity contribution in [2.45, 2.75) is 6.18 Å². The third-order valence-corrected chi connectivity index (χ3v) is 1.87. The van der Waals surface area contributed by atoms with Crippen LogP contribution in [0, 0.1) is 0 Å². The molecule has 84 valence electrons. The highest BCUT2D eigenvalue weighted by Gasteiger charge is 2.32. The van der Waals surface area contributed by atoms with Crippen LogP contribution in [0.15, 0.2) is 28.9 Å². The third-order valence-electron chi connectivity index (χ3n) is 1.87. The van der Waals surface area contributed by atoms with Crippen molar-refractivity contribution in [2.24, 2.45) is 0 Å². The first kappa shape index (κ1) is 10.5. The third kappa shape index (κ3) is 1.97. The predicted octanol–water partition coefficient (Wildman–Crippen LogP) is 2.34. The smallest absolute Gasteiger partial charge is 0.381 e. The highest BCUT2D eigenvalue weighted by atomic mass is 19.4. The lowest BCUT2D eigenvalue weighted by Crippen LogP contribution is -2.07. The topological polar surface area (TPSA) is 64.9 Å². The lowest BCUT2D eigenvalue weighted by molar-refractivity contribution is -0.141. The number of hydrogen-bond acceptors (Lipinski definition) is 4. The van der Waals surface area contributed by atoms with E-state index >= 15 is 0 Å². The van der Waals surface area contributed by atoms with E-state index in [2.05, 4.69) is 10.1 Å². The van der Waals surface area contributed by atoms with Gasteiger partial charge in [-0.1, -0.05) is 5.16 Å². The summed E-state index contributed by atoms with van der Waals surface area (Å²) in [6, 6.07) is 3.52. The van der Waals surface area contributed by atoms with Crippen molar-refractivity contribution in [1.29, 1.82) is 0 Å². The van der Waals surface area contributed by atoms with Gasteiger partial charge in [0.15, 0.2) is 11.6 Å². The molecule has 0 atom stereocenters. The minimum Gasteiger partial charge on any atom is -0.381 e. The molecule has 0 radical (unpaired) electrons. The number of rotatable bonds is 1. The Bertz CT molecular complexity index is 489. The number of hydrogen-bond donors (Lipinski definition) is 1. The zero-order chi connectivity index (χ0) is 11.8. The van der Waals surface area contributed by atoms with Crippen LogP contribution in [0.1, 0.15) is 5.69 Å². The van der Waals surface area contributed by atoms with Crippen LogP contribution >= 0.6 is 0 Å². The molecule has 0 spiro atoms. The summed E-state index contributed by atoms with van der Waals surface area (Å²) in [7, 11) is 0. The fourth-order valence-electron chi connectivity index (χ4n) is 1.13. The van der Waals surface area contributed by atoms with Gasteiger partial charge in [0.2, 0.25) is 0 Å². The molecule has 0 aliphatic rings. The second kappa shape index (κ2) is 3.51. The first-order chi connectivity index (χ1) is 7.47. The van der Waals surface area contributed by atoms with Gasteiger partial charge in [-0.2, -0.15) is 13.2 Å². The Hall–Kier alpha value is -2.05. The SMILES string of the molecule is Nc1cc(-c2ccc(C(F)(F)F)nc2)on1. The van der Waals surface area contributed by atoms with Crippen LogP contribution in [0.3, 0.4) is 0 Å². The Balaban J connectivity index is 2.33. The molecule has 7 heteroatoms. The molecule has 4 nitrogen and oxygen atoms in total. The van der Waals surface area contributed by atoms with Crippen LogP contribution in [0.4, 0.5) is 19.0 Å². The van der Waals surface area contributed by atoms with Gasteiger partial charge in [0.05, 0.1) is 0 Å². The van der Waals surface area contributed by atoms with Crippen LogP contribution < -0.4 is 5.73 Å². The van der Waals surface area contributed by atoms with Crippen LogP contribution in [0.5, 0.6) is 0 Å². The van der Waals surface area contributed by atoms with Crippen LogP contribution in [-0.4, -0.2) is 10.1 Å². The lowest BCUT2D eigenvalue weighted by Gasteiger charge is -2.04. The van der Waals surface area contributed by atoms with Gasteiger partial charge in [-0.15, -0.1) is 0 Å². The van der Waals surface area contributed by atoms with E-state index in [9.17, 15) is 13.2 Å². The van der Waals surface area contributed by atoms with E-state index < -0.39 is 11.9 Å². The Morgan fingerprint density at radius 1 is 1.25 bits per heavy atom. The molecule has 2 heterocycles. The van der Waals surface area contributed by atoms with E-state index in [0.29, 0.717) is 5.56 Å². The Morgan fingerprint density at radius 3 is 2.44 bits per heavy atom. The Labute approximate surface area is 87.9 Å². The molecule has 2 N–H and O–H groups in total. The molecule has 2 aromatic heterocycles. The van der Waals surface area contributed by atoms with Gasteiger partial charge >= 0.3 is 6.18 Å². The van der Waals surface area contributed by atoms with E-state index in [1.807, 2.05) is 0 Å². The number of nitrogens with two attached hydrogens (primary N) is 1. The second-order valence-electron chi connectivity index (χ2n) is 3.05. The van der Waals surface area contributed by atoms with Gasteiger partial charge < -0.3 is 10.3 Å². The highest BCUT2D eigenvalue weighted by molar-refractivity contribution is 5.58. The number of pyridine rings is 1. The average molecular weight is 229 g/mol. The summed E-state index contributed by atoms with van der Waals surface area (Å²) < 4.78 is 41.4. The molecule has 0 fully saturated rings. The first-order valence-corrected chi connectivity index (χ1v) is 4.22. The maximum atomic E-state index is 12.2. The second-order valence-corrected chi connectivity index (χ2v) is 3.05. The normalized spacial score (nSPS) is 11.7. The van der Waals surface area contributed by atoms with Crippen LogP contribution in [0.2, 0.25) is 0 Å². The molecule has 0 saturated carbocycles. The monoisotopic (exact) mass is 229 g/mol. The van der Waals surface area contributed by atoms with Gasteiger partial charge in [0.1, 0.15) is 5.69 Å². The maximum absolute atomic E-state index is 12.2. The summed E-state index contributed by atoms with van der Waals surface area (Å²) in [6.07, 6.45) is -3.39. The quantitative estimate of drug-likeness (QED) is 0.815. The molecule has 0 aromatic carbocycles. The number of halogens is 3. The molecule has 0 aliphatic carbocycles. The van der Waals surface area contributed by atoms with E-state index in [1.54, 1.807) is 0 Å². The predicted molar refractivity (Wildman–Crippen MR) is 49.1 cm³/mol. The Morgan fingerprint density at radius 2 is 2.00 bits per heavy atom. The van der Waals surface area contributed by atoms with Gasteiger partial charge in [0, 0.05) is 17.8 Å². The summed E-state index contributed by atoms with van der Waals surface area (Å²) >= 11 is 0. The first-order valence-electron chi connectivity index (χ1n) is 4.22. The highest BCUT2D eigenvalue weighted by Crippen LogP contribution is 2.29. The number of aromatic nitrogens is 2. The summed E-state index contributed by atoms with van der Waals surface area (Å²) in [4.78, 5) is 3.28. The van der Waals surface area contributed by atoms with E-state index in [-0.39, 0.29) is 11.6 Å². The molecule has 0 bridgehead atoms. The Kier molecular flexibility index (Phi) is 2.30. The van der Waals surface area contributed by atoms with Crippen molar-refractivity contribution < 1.29 is 17.7 Å². The molecular formula is C9H6F3N3O. The molecule has 0 saturated heterocycles. The number of nitrogen functional groups attached to an aromatic ring is 1. The largest absolute Gasteiger partial charge is 0.433 e. The maximum Gasteiger partial charge on any atom is 0.433 e. The summed E-state index contributed by atoms with van der Waals surface area (Å²) in [5.74, 6) is 0.439. The summed E-state index contributed by atoms with van der Waals surface area (Å²) in [5, 5.41) is 3.42. The van der Waals surface area contributed by atoms with Crippen molar-refractivity contribution in [2.75, 3.05) is 5.73 Å². The standard InChI is InChI=1S/C9H6F3N3O/c10-9(11,12)7-2-1-5(4-14-7)6-3-8(13)15-16-6/h1-4H,(H2,13,15). The molecular weight excluding hydrogens is 223 g/mol. The van der Waals surface area contributed by atoms with Crippen LogP contribution in [0.25, 0.3) is 11.3 Å². The minimum absolute atomic E-state index is 0.162. The molecule has 0 amide bonds. The van der Waals surface area contributed by atoms with Gasteiger partial charge in [0.25, 0.3) is 0 Å². The fourth-order valence-corrected chi connectivity index (χ4v) is 1.13. The van der Waals surface area contributed by atoms with Gasteiger partial charge in [-0.05, 0) is 12.1 Å². The number of alkyl halides is 3.